The van der Waals surface area contributed by atoms with E-state index in [1.54, 1.807) is 0 Å². The van der Waals surface area contributed by atoms with Gasteiger partial charge in [0.15, 0.2) is 0 Å². The first-order chi connectivity index (χ1) is 8.74. The molecule has 88 valence electrons. The average Bonchev–Trinajstić information content (AvgIpc) is 2.46. The summed E-state index contributed by atoms with van der Waals surface area (Å²) in [6, 6.07) is 19.2. The van der Waals surface area contributed by atoms with Crippen molar-refractivity contribution in [3.63, 3.8) is 0 Å². The van der Waals surface area contributed by atoms with Gasteiger partial charge in [0, 0.05) is 0 Å². The largest absolute Gasteiger partial charge is 0.383 e. The summed E-state index contributed by atoms with van der Waals surface area (Å²) in [7, 11) is 0. The van der Waals surface area contributed by atoms with Gasteiger partial charge in [-0.3, -0.25) is 0 Å². The Labute approximate surface area is 106 Å². The zero-order chi connectivity index (χ0) is 13.0. The van der Waals surface area contributed by atoms with E-state index in [1.807, 2.05) is 60.7 Å². The van der Waals surface area contributed by atoms with Gasteiger partial charge >= 0.3 is 0 Å². The fourth-order valence-electron chi connectivity index (χ4n) is 1.86. The summed E-state index contributed by atoms with van der Waals surface area (Å²) in [6.07, 6.45) is -0.952. The molecule has 1 unspecified atom stereocenters. The molecule has 0 saturated heterocycles. The Morgan fingerprint density at radius 2 is 1.67 bits per heavy atom. The summed E-state index contributed by atoms with van der Waals surface area (Å²) in [5.74, 6) is 0. The molecule has 2 aromatic rings. The fourth-order valence-corrected chi connectivity index (χ4v) is 1.86. The second-order valence-corrected chi connectivity index (χ2v) is 3.99. The summed E-state index contributed by atoms with van der Waals surface area (Å²) >= 11 is 0. The second kappa shape index (κ2) is 5.31. The van der Waals surface area contributed by atoms with Crippen LogP contribution in [0.1, 0.15) is 11.7 Å². The van der Waals surface area contributed by atoms with Crippen LogP contribution in [0.3, 0.4) is 0 Å². The Morgan fingerprint density at radius 3 is 2.33 bits per heavy atom. The number of rotatable bonds is 3. The lowest BCUT2D eigenvalue weighted by molar-refractivity contribution is 0.221. The molecule has 0 bridgehead atoms. The lowest BCUT2D eigenvalue weighted by Gasteiger charge is -2.14. The predicted octanol–water partition coefficient (Wildman–Crippen LogP) is 3.47. The maximum absolute atomic E-state index is 10.1. The molecule has 0 radical (unpaired) electrons. The summed E-state index contributed by atoms with van der Waals surface area (Å²) < 4.78 is 0. The van der Waals surface area contributed by atoms with Crippen LogP contribution in [-0.4, -0.2) is 5.11 Å². The molecule has 0 amide bonds. The van der Waals surface area contributed by atoms with Crippen molar-refractivity contribution in [2.24, 2.45) is 0 Å². The highest BCUT2D eigenvalue weighted by Gasteiger charge is 2.15. The normalized spacial score (nSPS) is 11.6. The SMILES string of the molecule is C=C(C#N)C(O)c1ccccc1-c1ccccc1. The van der Waals surface area contributed by atoms with Crippen LogP contribution in [0, 0.1) is 11.3 Å². The molecular formula is C16H13NO. The Balaban J connectivity index is 2.51. The molecule has 0 aliphatic carbocycles. The zero-order valence-electron chi connectivity index (χ0n) is 9.88. The highest BCUT2D eigenvalue weighted by Crippen LogP contribution is 2.30. The zero-order valence-corrected chi connectivity index (χ0v) is 9.88. The van der Waals surface area contributed by atoms with Gasteiger partial charge in [0.2, 0.25) is 0 Å². The van der Waals surface area contributed by atoms with Gasteiger partial charge in [0.05, 0.1) is 11.6 Å². The first kappa shape index (κ1) is 12.1. The molecule has 2 aromatic carbocycles. The van der Waals surface area contributed by atoms with E-state index >= 15 is 0 Å². The number of hydrogen-bond donors (Lipinski definition) is 1. The van der Waals surface area contributed by atoms with Crippen molar-refractivity contribution < 1.29 is 5.11 Å². The number of hydrogen-bond acceptors (Lipinski definition) is 2. The number of nitriles is 1. The predicted molar refractivity (Wildman–Crippen MR) is 71.6 cm³/mol. The van der Waals surface area contributed by atoms with E-state index in [-0.39, 0.29) is 5.57 Å². The average molecular weight is 235 g/mol. The minimum atomic E-state index is -0.952. The number of aliphatic hydroxyl groups excluding tert-OH is 1. The van der Waals surface area contributed by atoms with Crippen LogP contribution in [-0.2, 0) is 0 Å². The summed E-state index contributed by atoms with van der Waals surface area (Å²) in [5, 5.41) is 18.9. The van der Waals surface area contributed by atoms with Gasteiger partial charge in [0.25, 0.3) is 0 Å². The molecule has 0 saturated carbocycles. The maximum atomic E-state index is 10.1. The third-order valence-electron chi connectivity index (χ3n) is 2.81. The lowest BCUT2D eigenvalue weighted by atomic mass is 9.94. The number of aliphatic hydroxyl groups is 1. The van der Waals surface area contributed by atoms with Crippen molar-refractivity contribution in [2.75, 3.05) is 0 Å². The van der Waals surface area contributed by atoms with Gasteiger partial charge in [-0.2, -0.15) is 5.26 Å². The third-order valence-corrected chi connectivity index (χ3v) is 2.81. The van der Waals surface area contributed by atoms with Crippen LogP contribution in [0.2, 0.25) is 0 Å². The van der Waals surface area contributed by atoms with Crippen molar-refractivity contribution in [2.45, 2.75) is 6.10 Å². The van der Waals surface area contributed by atoms with Crippen LogP contribution in [0.4, 0.5) is 0 Å². The van der Waals surface area contributed by atoms with E-state index in [4.69, 9.17) is 5.26 Å². The van der Waals surface area contributed by atoms with Crippen LogP contribution >= 0.6 is 0 Å². The molecule has 2 heteroatoms. The van der Waals surface area contributed by atoms with Crippen LogP contribution in [0.25, 0.3) is 11.1 Å². The van der Waals surface area contributed by atoms with Gasteiger partial charge in [-0.25, -0.2) is 0 Å². The Bertz CT molecular complexity index is 596. The van der Waals surface area contributed by atoms with Crippen molar-refractivity contribution in [1.29, 1.82) is 5.26 Å². The fraction of sp³-hybridized carbons (Fsp3) is 0.0625. The van der Waals surface area contributed by atoms with E-state index in [2.05, 4.69) is 6.58 Å². The molecule has 1 N–H and O–H groups in total. The van der Waals surface area contributed by atoms with Gasteiger partial charge in [-0.15, -0.1) is 0 Å². The number of nitrogens with zero attached hydrogens (tertiary/aromatic N) is 1. The molecule has 18 heavy (non-hydrogen) atoms. The monoisotopic (exact) mass is 235 g/mol. The van der Waals surface area contributed by atoms with Gasteiger partial charge in [-0.1, -0.05) is 61.2 Å². The molecule has 0 aliphatic rings. The molecule has 0 aliphatic heterocycles. The molecule has 2 rings (SSSR count). The van der Waals surface area contributed by atoms with Crippen molar-refractivity contribution >= 4 is 0 Å². The molecule has 0 spiro atoms. The van der Waals surface area contributed by atoms with Gasteiger partial charge in [-0.05, 0) is 16.7 Å². The quantitative estimate of drug-likeness (QED) is 0.828. The minimum Gasteiger partial charge on any atom is -0.383 e. The first-order valence-corrected chi connectivity index (χ1v) is 5.65. The van der Waals surface area contributed by atoms with E-state index < -0.39 is 6.10 Å². The Hall–Kier alpha value is -2.37. The lowest BCUT2D eigenvalue weighted by Crippen LogP contribution is -2.01. The molecule has 0 fully saturated rings. The number of benzene rings is 2. The Morgan fingerprint density at radius 1 is 1.06 bits per heavy atom. The van der Waals surface area contributed by atoms with Crippen molar-refractivity contribution in [1.82, 2.24) is 0 Å². The van der Waals surface area contributed by atoms with E-state index in [1.165, 1.54) is 0 Å². The highest BCUT2D eigenvalue weighted by molar-refractivity contribution is 5.68. The van der Waals surface area contributed by atoms with E-state index in [0.29, 0.717) is 5.56 Å². The van der Waals surface area contributed by atoms with Crippen molar-refractivity contribution in [3.8, 4) is 17.2 Å². The highest BCUT2D eigenvalue weighted by atomic mass is 16.3. The Kier molecular flexibility index (Phi) is 3.57. The van der Waals surface area contributed by atoms with E-state index in [9.17, 15) is 5.11 Å². The molecule has 1 atom stereocenters. The summed E-state index contributed by atoms with van der Waals surface area (Å²) in [4.78, 5) is 0. The van der Waals surface area contributed by atoms with Gasteiger partial charge < -0.3 is 5.11 Å². The minimum absolute atomic E-state index is 0.151. The smallest absolute Gasteiger partial charge is 0.114 e. The molecule has 0 aromatic heterocycles. The van der Waals surface area contributed by atoms with E-state index in [0.717, 1.165) is 11.1 Å². The van der Waals surface area contributed by atoms with Crippen LogP contribution in [0.5, 0.6) is 0 Å². The molecular weight excluding hydrogens is 222 g/mol. The molecule has 0 heterocycles. The topological polar surface area (TPSA) is 44.0 Å². The van der Waals surface area contributed by atoms with Crippen LogP contribution in [0.15, 0.2) is 66.7 Å². The standard InChI is InChI=1S/C16H13NO/c1-12(11-17)16(18)15-10-6-5-9-14(15)13-7-3-2-4-8-13/h2-10,16,18H,1H2. The maximum Gasteiger partial charge on any atom is 0.114 e. The summed E-state index contributed by atoms with van der Waals surface area (Å²) in [5.41, 5.74) is 2.79. The second-order valence-electron chi connectivity index (χ2n) is 3.99. The summed E-state index contributed by atoms with van der Waals surface area (Å²) in [6.45, 7) is 3.57. The first-order valence-electron chi connectivity index (χ1n) is 5.65. The molecule has 2 nitrogen and oxygen atoms in total. The van der Waals surface area contributed by atoms with Crippen molar-refractivity contribution in [3.05, 3.63) is 72.3 Å². The van der Waals surface area contributed by atoms with Crippen LogP contribution < -0.4 is 0 Å². The van der Waals surface area contributed by atoms with Gasteiger partial charge in [0.1, 0.15) is 6.10 Å². The third kappa shape index (κ3) is 2.32.